The molecule has 0 heterocycles. The second-order valence-electron chi connectivity index (χ2n) is 8.29. The molecule has 0 bridgehead atoms. The Morgan fingerprint density at radius 1 is 0.744 bits per heavy atom. The molecule has 4 rings (SSSR count). The smallest absolute Gasteiger partial charge is 0.272 e. The van der Waals surface area contributed by atoms with E-state index >= 15 is 0 Å². The maximum absolute atomic E-state index is 14.5. The number of hydrogen-bond donors (Lipinski definition) is 2. The summed E-state index contributed by atoms with van der Waals surface area (Å²) in [5.74, 6) is -2.15. The third-order valence-corrected chi connectivity index (χ3v) is 6.12. The van der Waals surface area contributed by atoms with Crippen molar-refractivity contribution in [2.75, 3.05) is 5.32 Å². The first-order valence-corrected chi connectivity index (χ1v) is 12.5. The zero-order chi connectivity index (χ0) is 27.8. The molecule has 0 aliphatic carbocycles. The highest BCUT2D eigenvalue weighted by Crippen LogP contribution is 2.22. The molecule has 39 heavy (non-hydrogen) atoms. The molecule has 194 valence electrons. The van der Waals surface area contributed by atoms with Crippen molar-refractivity contribution in [1.29, 1.82) is 0 Å². The molecule has 0 aliphatic heterocycles. The second-order valence-corrected chi connectivity index (χ2v) is 9.14. The van der Waals surface area contributed by atoms with Gasteiger partial charge in [0, 0.05) is 27.4 Å². The van der Waals surface area contributed by atoms with E-state index in [9.17, 15) is 18.8 Å². The lowest BCUT2D eigenvalue weighted by Gasteiger charge is -2.12. The average molecular weight is 559 g/mol. The van der Waals surface area contributed by atoms with Gasteiger partial charge in [0.15, 0.2) is 5.78 Å². The van der Waals surface area contributed by atoms with E-state index in [1.165, 1.54) is 30.4 Å². The van der Waals surface area contributed by atoms with Crippen molar-refractivity contribution in [1.82, 2.24) is 5.32 Å². The van der Waals surface area contributed by atoms with Gasteiger partial charge >= 0.3 is 0 Å². The highest BCUT2D eigenvalue weighted by atomic mass is 35.5. The van der Waals surface area contributed by atoms with Gasteiger partial charge in [-0.3, -0.25) is 14.4 Å². The standard InChI is InChI=1S/C31H21Cl2FN2O3/c32-23-14-9-20(10-15-23)11-18-29(37)21-12-16-24(17-13-21)35-31(39)28(19-25-26(33)7-4-8-27(25)34)36-30(38)22-5-2-1-3-6-22/h1-19H,(H,35,39)(H,36,38)/b18-11+,28-19-. The topological polar surface area (TPSA) is 75.3 Å². The van der Waals surface area contributed by atoms with E-state index in [0.717, 1.165) is 5.56 Å². The van der Waals surface area contributed by atoms with Crippen LogP contribution in [0, 0.1) is 5.82 Å². The van der Waals surface area contributed by atoms with Crippen LogP contribution < -0.4 is 10.6 Å². The van der Waals surface area contributed by atoms with Crippen LogP contribution in [0.4, 0.5) is 10.1 Å². The van der Waals surface area contributed by atoms with Gasteiger partial charge in [-0.15, -0.1) is 0 Å². The van der Waals surface area contributed by atoms with Crippen LogP contribution in [0.5, 0.6) is 0 Å². The Kier molecular flexibility index (Phi) is 9.05. The monoisotopic (exact) mass is 558 g/mol. The van der Waals surface area contributed by atoms with Crippen molar-refractivity contribution in [3.05, 3.63) is 147 Å². The van der Waals surface area contributed by atoms with Gasteiger partial charge in [0.05, 0.1) is 5.02 Å². The van der Waals surface area contributed by atoms with Crippen LogP contribution in [-0.2, 0) is 4.79 Å². The van der Waals surface area contributed by atoms with E-state index < -0.39 is 17.6 Å². The lowest BCUT2D eigenvalue weighted by molar-refractivity contribution is -0.113. The molecule has 8 heteroatoms. The fourth-order valence-electron chi connectivity index (χ4n) is 3.49. The Bertz CT molecular complexity index is 1550. The van der Waals surface area contributed by atoms with Gasteiger partial charge in [-0.05, 0) is 78.4 Å². The van der Waals surface area contributed by atoms with E-state index in [-0.39, 0.29) is 22.1 Å². The lowest BCUT2D eigenvalue weighted by atomic mass is 10.1. The third kappa shape index (κ3) is 7.51. The summed E-state index contributed by atoms with van der Waals surface area (Å²) in [6.45, 7) is 0. The molecule has 4 aromatic carbocycles. The van der Waals surface area contributed by atoms with Gasteiger partial charge in [0.2, 0.25) is 0 Å². The zero-order valence-electron chi connectivity index (χ0n) is 20.3. The Hall–Kier alpha value is -4.52. The second kappa shape index (κ2) is 12.8. The molecule has 0 radical (unpaired) electrons. The number of amides is 2. The largest absolute Gasteiger partial charge is 0.321 e. The van der Waals surface area contributed by atoms with Crippen molar-refractivity contribution >= 4 is 58.6 Å². The summed E-state index contributed by atoms with van der Waals surface area (Å²) in [5, 5.41) is 5.87. The summed E-state index contributed by atoms with van der Waals surface area (Å²) >= 11 is 12.0. The molecule has 0 aliphatic rings. The van der Waals surface area contributed by atoms with Crippen LogP contribution in [0.2, 0.25) is 10.0 Å². The molecular weight excluding hydrogens is 538 g/mol. The fourth-order valence-corrected chi connectivity index (χ4v) is 3.84. The van der Waals surface area contributed by atoms with Crippen molar-refractivity contribution < 1.29 is 18.8 Å². The molecule has 0 saturated heterocycles. The minimum atomic E-state index is -0.708. The van der Waals surface area contributed by atoms with Crippen LogP contribution >= 0.6 is 23.2 Å². The van der Waals surface area contributed by atoms with Crippen molar-refractivity contribution in [2.45, 2.75) is 0 Å². The van der Waals surface area contributed by atoms with Crippen LogP contribution in [0.15, 0.2) is 109 Å². The van der Waals surface area contributed by atoms with Gasteiger partial charge in [-0.25, -0.2) is 4.39 Å². The first-order valence-electron chi connectivity index (χ1n) is 11.7. The summed E-state index contributed by atoms with van der Waals surface area (Å²) in [4.78, 5) is 38.5. The molecule has 5 nitrogen and oxygen atoms in total. The van der Waals surface area contributed by atoms with E-state index in [0.29, 0.717) is 21.8 Å². The van der Waals surface area contributed by atoms with Crippen LogP contribution in [0.3, 0.4) is 0 Å². The molecule has 4 aromatic rings. The molecule has 0 atom stereocenters. The van der Waals surface area contributed by atoms with E-state index in [1.54, 1.807) is 84.9 Å². The van der Waals surface area contributed by atoms with Gasteiger partial charge in [0.25, 0.3) is 11.8 Å². The van der Waals surface area contributed by atoms with Gasteiger partial charge in [-0.1, -0.05) is 65.7 Å². The third-order valence-electron chi connectivity index (χ3n) is 5.54. The summed E-state index contributed by atoms with van der Waals surface area (Å²) < 4.78 is 14.5. The molecule has 0 unspecified atom stereocenters. The quantitative estimate of drug-likeness (QED) is 0.174. The molecule has 2 N–H and O–H groups in total. The normalized spacial score (nSPS) is 11.3. The van der Waals surface area contributed by atoms with Crippen molar-refractivity contribution in [2.24, 2.45) is 0 Å². The highest BCUT2D eigenvalue weighted by Gasteiger charge is 2.17. The number of rotatable bonds is 8. The predicted molar refractivity (Wildman–Crippen MR) is 153 cm³/mol. The summed E-state index contributed by atoms with van der Waals surface area (Å²) in [7, 11) is 0. The fraction of sp³-hybridized carbons (Fsp3) is 0. The number of ketones is 1. The lowest BCUT2D eigenvalue weighted by Crippen LogP contribution is -2.30. The molecular formula is C31H21Cl2FN2O3. The molecule has 2 amide bonds. The zero-order valence-corrected chi connectivity index (χ0v) is 21.8. The van der Waals surface area contributed by atoms with Crippen LogP contribution in [0.1, 0.15) is 31.8 Å². The molecule has 0 aromatic heterocycles. The summed E-state index contributed by atoms with van der Waals surface area (Å²) in [5.41, 5.74) is 1.63. The Morgan fingerprint density at radius 2 is 1.44 bits per heavy atom. The molecule has 0 spiro atoms. The maximum Gasteiger partial charge on any atom is 0.272 e. The molecule has 0 saturated carbocycles. The number of hydrogen-bond acceptors (Lipinski definition) is 3. The van der Waals surface area contributed by atoms with Crippen LogP contribution in [0.25, 0.3) is 12.2 Å². The number of nitrogens with one attached hydrogen (secondary N) is 2. The number of allylic oxidation sites excluding steroid dienone is 1. The number of carbonyl (C=O) groups excluding carboxylic acids is 3. The number of benzene rings is 4. The van der Waals surface area contributed by atoms with Crippen LogP contribution in [-0.4, -0.2) is 17.6 Å². The van der Waals surface area contributed by atoms with E-state index in [2.05, 4.69) is 10.6 Å². The summed E-state index contributed by atoms with van der Waals surface area (Å²) in [6.07, 6.45) is 4.29. The summed E-state index contributed by atoms with van der Waals surface area (Å²) in [6, 6.07) is 25.6. The highest BCUT2D eigenvalue weighted by molar-refractivity contribution is 6.32. The van der Waals surface area contributed by atoms with Gasteiger partial charge in [-0.2, -0.15) is 0 Å². The predicted octanol–water partition coefficient (Wildman–Crippen LogP) is 7.44. The number of halogens is 3. The Morgan fingerprint density at radius 3 is 2.10 bits per heavy atom. The minimum absolute atomic E-state index is 0.0499. The SMILES string of the molecule is O=C(Nc1ccc(C(=O)/C=C/c2ccc(Cl)cc2)cc1)/C(=C/c1c(F)cccc1Cl)NC(=O)c1ccccc1. The maximum atomic E-state index is 14.5. The Balaban J connectivity index is 1.52. The minimum Gasteiger partial charge on any atom is -0.321 e. The van der Waals surface area contributed by atoms with Gasteiger partial charge in [0.1, 0.15) is 11.5 Å². The van der Waals surface area contributed by atoms with Crippen molar-refractivity contribution in [3.63, 3.8) is 0 Å². The van der Waals surface area contributed by atoms with Gasteiger partial charge < -0.3 is 10.6 Å². The van der Waals surface area contributed by atoms with E-state index in [4.69, 9.17) is 23.2 Å². The van der Waals surface area contributed by atoms with E-state index in [1.807, 2.05) is 0 Å². The number of anilines is 1. The first kappa shape index (κ1) is 27.5. The first-order chi connectivity index (χ1) is 18.8. The number of carbonyl (C=O) groups is 3. The average Bonchev–Trinajstić information content (AvgIpc) is 2.94. The van der Waals surface area contributed by atoms with Crippen molar-refractivity contribution in [3.8, 4) is 0 Å². The Labute approximate surface area is 234 Å². The molecule has 0 fully saturated rings.